The highest BCUT2D eigenvalue weighted by atomic mass is 32.1. The summed E-state index contributed by atoms with van der Waals surface area (Å²) in [5, 5.41) is 3.36. The van der Waals surface area contributed by atoms with E-state index < -0.39 is 0 Å². The van der Waals surface area contributed by atoms with Crippen molar-refractivity contribution in [1.82, 2.24) is 9.88 Å². The van der Waals surface area contributed by atoms with Gasteiger partial charge in [-0.2, -0.15) is 0 Å². The van der Waals surface area contributed by atoms with Crippen molar-refractivity contribution in [3.63, 3.8) is 0 Å². The fourth-order valence-electron chi connectivity index (χ4n) is 2.48. The van der Waals surface area contributed by atoms with Crippen LogP contribution in [0.25, 0.3) is 0 Å². The van der Waals surface area contributed by atoms with Crippen LogP contribution in [-0.2, 0) is 6.54 Å². The largest absolute Gasteiger partial charge is 0.329 e. The molecule has 2 N–H and O–H groups in total. The summed E-state index contributed by atoms with van der Waals surface area (Å²) in [4.78, 5) is 7.06. The SMILES string of the molecule is Cc1csc(CN(CCN)C2CCCC2)n1. The molecular weight excluding hydrogens is 218 g/mol. The van der Waals surface area contributed by atoms with Crippen LogP contribution in [0.2, 0.25) is 0 Å². The van der Waals surface area contributed by atoms with Gasteiger partial charge >= 0.3 is 0 Å². The molecule has 0 aromatic carbocycles. The second-order valence-corrected chi connectivity index (χ2v) is 5.52. The molecule has 0 bridgehead atoms. The predicted molar refractivity (Wildman–Crippen MR) is 68.6 cm³/mol. The molecular formula is C12H21N3S. The van der Waals surface area contributed by atoms with Gasteiger partial charge in [-0.15, -0.1) is 11.3 Å². The van der Waals surface area contributed by atoms with Gasteiger partial charge in [-0.1, -0.05) is 12.8 Å². The Hall–Kier alpha value is -0.450. The summed E-state index contributed by atoms with van der Waals surface area (Å²) >= 11 is 1.77. The fraction of sp³-hybridized carbons (Fsp3) is 0.750. The highest BCUT2D eigenvalue weighted by Gasteiger charge is 2.22. The molecule has 0 atom stereocenters. The number of thiazole rings is 1. The quantitative estimate of drug-likeness (QED) is 0.856. The van der Waals surface area contributed by atoms with Crippen molar-refractivity contribution in [1.29, 1.82) is 0 Å². The zero-order valence-electron chi connectivity index (χ0n) is 9.98. The second kappa shape index (κ2) is 5.75. The summed E-state index contributed by atoms with van der Waals surface area (Å²) < 4.78 is 0. The zero-order valence-corrected chi connectivity index (χ0v) is 10.8. The molecule has 1 aromatic heterocycles. The van der Waals surface area contributed by atoms with E-state index in [1.54, 1.807) is 11.3 Å². The molecule has 4 heteroatoms. The van der Waals surface area contributed by atoms with Gasteiger partial charge in [0.1, 0.15) is 5.01 Å². The lowest BCUT2D eigenvalue weighted by atomic mass is 10.2. The lowest BCUT2D eigenvalue weighted by Crippen LogP contribution is -2.36. The molecule has 1 fully saturated rings. The van der Waals surface area contributed by atoms with Crippen LogP contribution in [0.4, 0.5) is 0 Å². The molecule has 0 saturated heterocycles. The zero-order chi connectivity index (χ0) is 11.4. The first kappa shape index (κ1) is 12.0. The van der Waals surface area contributed by atoms with Gasteiger partial charge in [0.15, 0.2) is 0 Å². The summed E-state index contributed by atoms with van der Waals surface area (Å²) in [6.45, 7) is 4.80. The van der Waals surface area contributed by atoms with Crippen LogP contribution >= 0.6 is 11.3 Å². The van der Waals surface area contributed by atoms with E-state index in [4.69, 9.17) is 5.73 Å². The number of hydrogen-bond acceptors (Lipinski definition) is 4. The van der Waals surface area contributed by atoms with Crippen LogP contribution in [0, 0.1) is 6.92 Å². The fourth-order valence-corrected chi connectivity index (χ4v) is 3.27. The van der Waals surface area contributed by atoms with E-state index in [-0.39, 0.29) is 0 Å². The molecule has 1 aliphatic carbocycles. The van der Waals surface area contributed by atoms with E-state index in [0.717, 1.165) is 31.4 Å². The van der Waals surface area contributed by atoms with Gasteiger partial charge < -0.3 is 5.73 Å². The minimum Gasteiger partial charge on any atom is -0.329 e. The molecule has 0 radical (unpaired) electrons. The van der Waals surface area contributed by atoms with E-state index >= 15 is 0 Å². The van der Waals surface area contributed by atoms with Crippen LogP contribution in [0.15, 0.2) is 5.38 Å². The van der Waals surface area contributed by atoms with Crippen molar-refractivity contribution in [2.24, 2.45) is 5.73 Å². The summed E-state index contributed by atoms with van der Waals surface area (Å²) in [5.74, 6) is 0. The number of aromatic nitrogens is 1. The van der Waals surface area contributed by atoms with E-state index in [9.17, 15) is 0 Å². The van der Waals surface area contributed by atoms with Gasteiger partial charge in [0, 0.05) is 30.2 Å². The first-order chi connectivity index (χ1) is 7.79. The smallest absolute Gasteiger partial charge is 0.107 e. The van der Waals surface area contributed by atoms with Crippen LogP contribution in [0.1, 0.15) is 36.4 Å². The molecule has 2 rings (SSSR count). The second-order valence-electron chi connectivity index (χ2n) is 4.58. The maximum atomic E-state index is 5.70. The first-order valence-electron chi connectivity index (χ1n) is 6.14. The Morgan fingerprint density at radius 3 is 2.81 bits per heavy atom. The Morgan fingerprint density at radius 2 is 2.25 bits per heavy atom. The molecule has 16 heavy (non-hydrogen) atoms. The standard InChI is InChI=1S/C12H21N3S/c1-10-9-16-12(14-10)8-15(7-6-13)11-4-2-3-5-11/h9,11H,2-8,13H2,1H3. The summed E-state index contributed by atoms with van der Waals surface area (Å²) in [5.41, 5.74) is 6.84. The van der Waals surface area contributed by atoms with Gasteiger partial charge in [0.25, 0.3) is 0 Å². The maximum absolute atomic E-state index is 5.70. The lowest BCUT2D eigenvalue weighted by Gasteiger charge is -2.27. The molecule has 1 heterocycles. The highest BCUT2D eigenvalue weighted by molar-refractivity contribution is 7.09. The third kappa shape index (κ3) is 3.03. The highest BCUT2D eigenvalue weighted by Crippen LogP contribution is 2.25. The molecule has 0 amide bonds. The van der Waals surface area contributed by atoms with Crippen molar-refractivity contribution >= 4 is 11.3 Å². The molecule has 1 saturated carbocycles. The summed E-state index contributed by atoms with van der Waals surface area (Å²) in [6.07, 6.45) is 5.43. The number of aryl methyl sites for hydroxylation is 1. The van der Waals surface area contributed by atoms with E-state index in [1.807, 2.05) is 0 Å². The van der Waals surface area contributed by atoms with Gasteiger partial charge in [0.05, 0.1) is 6.54 Å². The molecule has 0 unspecified atom stereocenters. The van der Waals surface area contributed by atoms with Crippen LogP contribution < -0.4 is 5.73 Å². The van der Waals surface area contributed by atoms with Gasteiger partial charge in [-0.05, 0) is 19.8 Å². The van der Waals surface area contributed by atoms with Crippen molar-refractivity contribution in [3.8, 4) is 0 Å². The van der Waals surface area contributed by atoms with E-state index in [0.29, 0.717) is 0 Å². The third-order valence-corrected chi connectivity index (χ3v) is 4.21. The van der Waals surface area contributed by atoms with Crippen LogP contribution in [0.3, 0.4) is 0 Å². The average molecular weight is 239 g/mol. The van der Waals surface area contributed by atoms with Crippen LogP contribution in [-0.4, -0.2) is 29.0 Å². The molecule has 3 nitrogen and oxygen atoms in total. The number of nitrogens with two attached hydrogens (primary N) is 1. The molecule has 0 aliphatic heterocycles. The molecule has 90 valence electrons. The Balaban J connectivity index is 1.96. The topological polar surface area (TPSA) is 42.1 Å². The van der Waals surface area contributed by atoms with Gasteiger partial charge in [0.2, 0.25) is 0 Å². The number of hydrogen-bond donors (Lipinski definition) is 1. The number of rotatable bonds is 5. The Kier molecular flexibility index (Phi) is 4.32. The van der Waals surface area contributed by atoms with Gasteiger partial charge in [-0.25, -0.2) is 4.98 Å². The minimum atomic E-state index is 0.743. The summed E-state index contributed by atoms with van der Waals surface area (Å²) in [7, 11) is 0. The van der Waals surface area contributed by atoms with Crippen molar-refractivity contribution in [2.45, 2.75) is 45.2 Å². The molecule has 0 spiro atoms. The summed E-state index contributed by atoms with van der Waals surface area (Å²) in [6, 6.07) is 0.743. The van der Waals surface area contributed by atoms with Crippen molar-refractivity contribution in [2.75, 3.05) is 13.1 Å². The van der Waals surface area contributed by atoms with Crippen LogP contribution in [0.5, 0.6) is 0 Å². The monoisotopic (exact) mass is 239 g/mol. The molecule has 1 aliphatic rings. The van der Waals surface area contributed by atoms with E-state index in [1.165, 1.54) is 30.7 Å². The van der Waals surface area contributed by atoms with E-state index in [2.05, 4.69) is 22.2 Å². The first-order valence-corrected chi connectivity index (χ1v) is 7.02. The Morgan fingerprint density at radius 1 is 1.50 bits per heavy atom. The Labute approximate surface area is 102 Å². The number of nitrogens with zero attached hydrogens (tertiary/aromatic N) is 2. The van der Waals surface area contributed by atoms with Crippen molar-refractivity contribution in [3.05, 3.63) is 16.1 Å². The normalized spacial score (nSPS) is 17.4. The molecule has 1 aromatic rings. The predicted octanol–water partition coefficient (Wildman–Crippen LogP) is 2.15. The lowest BCUT2D eigenvalue weighted by molar-refractivity contribution is 0.195. The average Bonchev–Trinajstić information content (AvgIpc) is 2.88. The maximum Gasteiger partial charge on any atom is 0.107 e. The van der Waals surface area contributed by atoms with Crippen molar-refractivity contribution < 1.29 is 0 Å². The van der Waals surface area contributed by atoms with Gasteiger partial charge in [-0.3, -0.25) is 4.90 Å². The minimum absolute atomic E-state index is 0.743. The Bertz CT molecular complexity index is 318. The third-order valence-electron chi connectivity index (χ3n) is 3.26.